The van der Waals surface area contributed by atoms with Crippen LogP contribution in [0.3, 0.4) is 0 Å². The van der Waals surface area contributed by atoms with E-state index in [9.17, 15) is 26.3 Å². The molecule has 0 amide bonds. The monoisotopic (exact) mass is 558 g/mol. The van der Waals surface area contributed by atoms with Crippen LogP contribution in [0.15, 0.2) is 24.5 Å². The van der Waals surface area contributed by atoms with E-state index >= 15 is 0 Å². The molecule has 1 saturated carbocycles. The molecular formula is C24H32F6N2O6. The smallest absolute Gasteiger partial charge is 0.490 e. The van der Waals surface area contributed by atoms with Crippen LogP contribution in [0, 0.1) is 11.8 Å². The van der Waals surface area contributed by atoms with Crippen molar-refractivity contribution in [2.75, 3.05) is 32.8 Å². The number of hydrogen-bond donors (Lipinski definition) is 2. The molecule has 2 N–H and O–H groups in total. The van der Waals surface area contributed by atoms with E-state index in [1.54, 1.807) is 12.4 Å². The van der Waals surface area contributed by atoms with Crippen molar-refractivity contribution in [2.24, 2.45) is 11.8 Å². The van der Waals surface area contributed by atoms with Gasteiger partial charge in [0.05, 0.1) is 18.4 Å². The van der Waals surface area contributed by atoms with Crippen LogP contribution in [0.5, 0.6) is 5.75 Å². The van der Waals surface area contributed by atoms with Gasteiger partial charge in [-0.1, -0.05) is 6.42 Å². The molecule has 2 aliphatic heterocycles. The van der Waals surface area contributed by atoms with Crippen LogP contribution in [0.1, 0.15) is 44.9 Å². The molecule has 14 heteroatoms. The molecule has 3 fully saturated rings. The maximum absolute atomic E-state index is 10.6. The van der Waals surface area contributed by atoms with Gasteiger partial charge in [0.2, 0.25) is 0 Å². The van der Waals surface area contributed by atoms with Crippen molar-refractivity contribution in [1.29, 1.82) is 0 Å². The summed E-state index contributed by atoms with van der Waals surface area (Å²) < 4.78 is 75.6. The summed E-state index contributed by atoms with van der Waals surface area (Å²) >= 11 is 0. The van der Waals surface area contributed by atoms with Crippen LogP contribution in [-0.4, -0.2) is 82.8 Å². The Bertz CT molecular complexity index is 847. The van der Waals surface area contributed by atoms with Crippen LogP contribution in [-0.2, 0) is 14.3 Å². The highest BCUT2D eigenvalue weighted by atomic mass is 19.4. The van der Waals surface area contributed by atoms with Crippen molar-refractivity contribution >= 4 is 11.9 Å². The van der Waals surface area contributed by atoms with Gasteiger partial charge in [0.25, 0.3) is 0 Å². The van der Waals surface area contributed by atoms with Crippen molar-refractivity contribution in [2.45, 2.75) is 62.9 Å². The minimum absolute atomic E-state index is 0.133. The van der Waals surface area contributed by atoms with E-state index in [2.05, 4.69) is 9.88 Å². The average molecular weight is 559 g/mol. The third kappa shape index (κ3) is 10.3. The van der Waals surface area contributed by atoms with Crippen molar-refractivity contribution in [3.8, 4) is 5.75 Å². The first-order valence-electron chi connectivity index (χ1n) is 12.2. The van der Waals surface area contributed by atoms with Gasteiger partial charge in [0.1, 0.15) is 5.75 Å². The third-order valence-electron chi connectivity index (χ3n) is 6.90. The van der Waals surface area contributed by atoms with Crippen LogP contribution < -0.4 is 4.74 Å². The molecule has 1 atom stereocenters. The number of piperidine rings is 1. The Morgan fingerprint density at radius 1 is 1.05 bits per heavy atom. The number of hydrogen-bond acceptors (Lipinski definition) is 6. The number of carboxylic acids is 2. The molecule has 4 rings (SSSR count). The van der Waals surface area contributed by atoms with Crippen molar-refractivity contribution < 1.29 is 55.6 Å². The topological polar surface area (TPSA) is 109 Å². The quantitative estimate of drug-likeness (QED) is 0.480. The Kier molecular flexibility index (Phi) is 11.6. The first kappa shape index (κ1) is 31.6. The van der Waals surface area contributed by atoms with Gasteiger partial charge in [0, 0.05) is 32.4 Å². The van der Waals surface area contributed by atoms with Gasteiger partial charge in [-0.2, -0.15) is 26.3 Å². The zero-order valence-corrected chi connectivity index (χ0v) is 20.6. The summed E-state index contributed by atoms with van der Waals surface area (Å²) in [6.07, 6.45) is 2.46. The molecule has 3 heterocycles. The van der Waals surface area contributed by atoms with Crippen molar-refractivity contribution in [3.63, 3.8) is 0 Å². The highest BCUT2D eigenvalue weighted by Gasteiger charge is 2.46. The number of ether oxygens (including phenoxy) is 2. The van der Waals surface area contributed by atoms with Crippen LogP contribution in [0.4, 0.5) is 26.3 Å². The summed E-state index contributed by atoms with van der Waals surface area (Å²) in [5.74, 6) is -3.01. The van der Waals surface area contributed by atoms with E-state index in [1.807, 2.05) is 12.1 Å². The lowest BCUT2D eigenvalue weighted by atomic mass is 9.77. The third-order valence-corrected chi connectivity index (χ3v) is 6.90. The predicted molar refractivity (Wildman–Crippen MR) is 122 cm³/mol. The number of carboxylic acid groups (broad SMARTS) is 2. The van der Waals surface area contributed by atoms with E-state index in [0.29, 0.717) is 5.92 Å². The predicted octanol–water partition coefficient (Wildman–Crippen LogP) is 4.79. The highest BCUT2D eigenvalue weighted by molar-refractivity contribution is 5.73. The normalized spacial score (nSPS) is 21.4. The Morgan fingerprint density at radius 2 is 1.63 bits per heavy atom. The fourth-order valence-electron chi connectivity index (χ4n) is 4.65. The Morgan fingerprint density at radius 3 is 2.08 bits per heavy atom. The number of likely N-dealkylation sites (tertiary alicyclic amines) is 1. The van der Waals surface area contributed by atoms with Crippen LogP contribution >= 0.6 is 0 Å². The maximum Gasteiger partial charge on any atom is 0.490 e. The molecule has 38 heavy (non-hydrogen) atoms. The van der Waals surface area contributed by atoms with Gasteiger partial charge in [-0.15, -0.1) is 0 Å². The number of rotatable bonds is 6. The van der Waals surface area contributed by atoms with Gasteiger partial charge < -0.3 is 24.6 Å². The number of aromatic nitrogens is 1. The van der Waals surface area contributed by atoms with E-state index in [0.717, 1.165) is 31.3 Å². The van der Waals surface area contributed by atoms with Gasteiger partial charge in [-0.05, 0) is 62.5 Å². The summed E-state index contributed by atoms with van der Waals surface area (Å²) in [4.78, 5) is 24.6. The molecule has 1 spiro atoms. The minimum atomic E-state index is -5.08. The van der Waals surface area contributed by atoms with Crippen molar-refractivity contribution in [1.82, 2.24) is 9.88 Å². The second-order valence-electron chi connectivity index (χ2n) is 9.43. The summed E-state index contributed by atoms with van der Waals surface area (Å²) in [6, 6.07) is 3.90. The van der Waals surface area contributed by atoms with Gasteiger partial charge in [-0.3, -0.25) is 4.98 Å². The van der Waals surface area contributed by atoms with E-state index in [-0.39, 0.29) is 5.60 Å². The molecule has 216 valence electrons. The fourth-order valence-corrected chi connectivity index (χ4v) is 4.65. The molecule has 1 unspecified atom stereocenters. The Labute approximate surface area is 215 Å². The first-order valence-corrected chi connectivity index (χ1v) is 12.2. The number of nitrogens with zero attached hydrogens (tertiary/aromatic N) is 2. The summed E-state index contributed by atoms with van der Waals surface area (Å²) in [7, 11) is 0. The number of halogens is 6. The molecule has 0 aromatic carbocycles. The second kappa shape index (κ2) is 14.0. The van der Waals surface area contributed by atoms with E-state index in [4.69, 9.17) is 29.3 Å². The molecular weight excluding hydrogens is 526 g/mol. The number of alkyl halides is 6. The minimum Gasteiger partial charge on any atom is -0.492 e. The van der Waals surface area contributed by atoms with Gasteiger partial charge in [-0.25, -0.2) is 9.59 Å². The Balaban J connectivity index is 0.000000301. The summed E-state index contributed by atoms with van der Waals surface area (Å²) in [6.45, 7) is 5.46. The van der Waals surface area contributed by atoms with E-state index < -0.39 is 24.3 Å². The largest absolute Gasteiger partial charge is 0.492 e. The zero-order chi connectivity index (χ0) is 28.4. The lowest BCUT2D eigenvalue weighted by Gasteiger charge is -2.44. The fraction of sp³-hybridized carbons (Fsp3) is 0.708. The molecule has 1 aromatic heterocycles. The molecule has 1 aliphatic carbocycles. The molecule has 1 aromatic rings. The molecule has 2 saturated heterocycles. The SMILES string of the molecule is O=C(O)C(F)(F)F.O=C(O)C(F)(F)F.c1cncc(OCCC2CCOC23CCN(CC2CCC2)CC3)c1. The lowest BCUT2D eigenvalue weighted by molar-refractivity contribution is -0.193. The lowest BCUT2D eigenvalue weighted by Crippen LogP contribution is -2.49. The van der Waals surface area contributed by atoms with Gasteiger partial charge >= 0.3 is 24.3 Å². The molecule has 0 bridgehead atoms. The van der Waals surface area contributed by atoms with Crippen LogP contribution in [0.25, 0.3) is 0 Å². The molecule has 0 radical (unpaired) electrons. The van der Waals surface area contributed by atoms with Crippen molar-refractivity contribution in [3.05, 3.63) is 24.5 Å². The summed E-state index contributed by atoms with van der Waals surface area (Å²) in [5.41, 5.74) is 0.133. The number of pyridine rings is 1. The van der Waals surface area contributed by atoms with Gasteiger partial charge in [0.15, 0.2) is 0 Å². The zero-order valence-electron chi connectivity index (χ0n) is 20.6. The molecule has 8 nitrogen and oxygen atoms in total. The summed E-state index contributed by atoms with van der Waals surface area (Å²) in [5, 5.41) is 14.2. The Hall–Kier alpha value is -2.61. The van der Waals surface area contributed by atoms with Crippen LogP contribution in [0.2, 0.25) is 0 Å². The first-order chi connectivity index (χ1) is 17.7. The second-order valence-corrected chi connectivity index (χ2v) is 9.43. The molecule has 3 aliphatic rings. The highest BCUT2D eigenvalue weighted by Crippen LogP contribution is 2.43. The number of carbonyl (C=O) groups is 2. The standard InChI is InChI=1S/C20H30N2O2.2C2HF3O2/c1-3-17(4-1)16-22-11-8-20(9-12-22)18(7-14-24-20)6-13-23-19-5-2-10-21-15-19;2*3-2(4,5)1(6)7/h2,5,10,15,17-18H,1,3-4,6-9,11-14,16H2;2*(H,6,7). The van der Waals surface area contributed by atoms with E-state index in [1.165, 1.54) is 58.2 Å². The number of aliphatic carboxylic acids is 2. The maximum atomic E-state index is 10.6. The average Bonchev–Trinajstić information content (AvgIpc) is 3.19.